The van der Waals surface area contributed by atoms with Crippen molar-refractivity contribution in [1.82, 2.24) is 0 Å². The van der Waals surface area contributed by atoms with Gasteiger partial charge in [-0.05, 0) is 59.5 Å². The van der Waals surface area contributed by atoms with Gasteiger partial charge in [0.15, 0.2) is 6.61 Å². The molecule has 0 radical (unpaired) electrons. The molecule has 0 saturated heterocycles. The number of carboxylic acids is 1. The molecular weight excluding hydrogens is 448 g/mol. The molecule has 0 fully saturated rings. The smallest absolute Gasteiger partial charge is 0.341 e. The molecule has 3 nitrogen and oxygen atoms in total. The third-order valence-corrected chi connectivity index (χ3v) is 5.85. The van der Waals surface area contributed by atoms with Crippen LogP contribution in [0, 0.1) is 6.92 Å². The highest BCUT2D eigenvalue weighted by Gasteiger charge is 2.07. The summed E-state index contributed by atoms with van der Waals surface area (Å²) in [5.74, 6) is 0.406. The Balaban J connectivity index is 1.77. The maximum absolute atomic E-state index is 10.6. The number of rotatable bonds is 8. The Kier molecular flexibility index (Phi) is 7.55. The predicted molar refractivity (Wildman–Crippen MR) is 123 cm³/mol. The minimum absolute atomic E-state index is 0.332. The molecule has 0 aromatic heterocycles. The van der Waals surface area contributed by atoms with Gasteiger partial charge in [-0.2, -0.15) is 0 Å². The summed E-state index contributed by atoms with van der Waals surface area (Å²) < 4.78 is 6.30. The predicted octanol–water partition coefficient (Wildman–Crippen LogP) is 6.44. The molecule has 0 unspecified atom stereocenters. The zero-order valence-electron chi connectivity index (χ0n) is 16.0. The molecular formula is C24H21BrO3S. The van der Waals surface area contributed by atoms with Crippen LogP contribution in [0.5, 0.6) is 5.75 Å². The lowest BCUT2D eigenvalue weighted by molar-refractivity contribution is -0.139. The Bertz CT molecular complexity index is 1020. The first kappa shape index (κ1) is 21.2. The van der Waals surface area contributed by atoms with E-state index in [2.05, 4.69) is 46.3 Å². The molecule has 0 atom stereocenters. The average molecular weight is 469 g/mol. The Labute approximate surface area is 183 Å². The van der Waals surface area contributed by atoms with Gasteiger partial charge in [0.05, 0.1) is 0 Å². The molecule has 0 amide bonds. The van der Waals surface area contributed by atoms with E-state index in [9.17, 15) is 4.79 Å². The highest BCUT2D eigenvalue weighted by molar-refractivity contribution is 9.10. The van der Waals surface area contributed by atoms with Gasteiger partial charge in [-0.15, -0.1) is 11.8 Å². The number of hydrogen-bond donors (Lipinski definition) is 1. The lowest BCUT2D eigenvalue weighted by atomic mass is 9.98. The number of ether oxygens (including phenoxy) is 1. The first-order chi connectivity index (χ1) is 14.0. The number of carboxylic acid groups (broad SMARTS) is 1. The molecule has 0 aliphatic rings. The lowest BCUT2D eigenvalue weighted by Gasteiger charge is -2.11. The first-order valence-corrected chi connectivity index (χ1v) is 10.9. The number of hydrogen-bond acceptors (Lipinski definition) is 3. The summed E-state index contributed by atoms with van der Waals surface area (Å²) in [5.41, 5.74) is 4.61. The minimum Gasteiger partial charge on any atom is -0.482 e. The van der Waals surface area contributed by atoms with Crippen molar-refractivity contribution in [2.45, 2.75) is 11.8 Å². The Morgan fingerprint density at radius 3 is 2.48 bits per heavy atom. The van der Waals surface area contributed by atoms with Crippen LogP contribution in [-0.2, 0) is 4.79 Å². The normalized spacial score (nSPS) is 11.3. The van der Waals surface area contributed by atoms with E-state index in [1.807, 2.05) is 55.5 Å². The number of carbonyl (C=O) groups is 1. The van der Waals surface area contributed by atoms with Crippen LogP contribution in [-0.4, -0.2) is 23.4 Å². The van der Waals surface area contributed by atoms with Gasteiger partial charge in [-0.25, -0.2) is 4.79 Å². The highest BCUT2D eigenvalue weighted by Crippen LogP contribution is 2.30. The zero-order chi connectivity index (χ0) is 20.6. The van der Waals surface area contributed by atoms with Crippen LogP contribution < -0.4 is 4.74 Å². The summed E-state index contributed by atoms with van der Waals surface area (Å²) in [5, 5.41) is 8.73. The summed E-state index contributed by atoms with van der Waals surface area (Å²) in [6.45, 7) is 1.67. The van der Waals surface area contributed by atoms with E-state index in [-0.39, 0.29) is 6.61 Å². The topological polar surface area (TPSA) is 46.5 Å². The number of aryl methyl sites for hydroxylation is 1. The van der Waals surface area contributed by atoms with Crippen LogP contribution in [0.2, 0.25) is 0 Å². The summed E-state index contributed by atoms with van der Waals surface area (Å²) in [6, 6.07) is 24.4. The molecule has 29 heavy (non-hydrogen) atoms. The van der Waals surface area contributed by atoms with Crippen molar-refractivity contribution >= 4 is 39.2 Å². The minimum atomic E-state index is -0.979. The van der Waals surface area contributed by atoms with Crippen LogP contribution in [0.3, 0.4) is 0 Å². The van der Waals surface area contributed by atoms with Gasteiger partial charge in [0.1, 0.15) is 5.75 Å². The van der Waals surface area contributed by atoms with Crippen molar-refractivity contribution in [2.24, 2.45) is 0 Å². The fourth-order valence-corrected chi connectivity index (χ4v) is 4.19. The van der Waals surface area contributed by atoms with E-state index in [4.69, 9.17) is 9.84 Å². The average Bonchev–Trinajstić information content (AvgIpc) is 2.71. The second-order valence-corrected chi connectivity index (χ2v) is 8.39. The van der Waals surface area contributed by atoms with E-state index < -0.39 is 5.97 Å². The van der Waals surface area contributed by atoms with Crippen molar-refractivity contribution in [3.05, 3.63) is 100 Å². The van der Waals surface area contributed by atoms with Gasteiger partial charge >= 0.3 is 5.97 Å². The second kappa shape index (κ2) is 10.3. The van der Waals surface area contributed by atoms with Crippen LogP contribution in [0.1, 0.15) is 16.7 Å². The third kappa shape index (κ3) is 6.24. The second-order valence-electron chi connectivity index (χ2n) is 6.41. The molecule has 0 aliphatic carbocycles. The van der Waals surface area contributed by atoms with Crippen molar-refractivity contribution in [3.8, 4) is 5.75 Å². The van der Waals surface area contributed by atoms with Crippen molar-refractivity contribution in [3.63, 3.8) is 0 Å². The Hall–Kier alpha value is -2.50. The molecule has 0 saturated carbocycles. The summed E-state index contributed by atoms with van der Waals surface area (Å²) in [4.78, 5) is 11.8. The molecule has 5 heteroatoms. The van der Waals surface area contributed by atoms with Gasteiger partial charge in [0, 0.05) is 15.1 Å². The highest BCUT2D eigenvalue weighted by atomic mass is 79.9. The van der Waals surface area contributed by atoms with Crippen molar-refractivity contribution in [1.29, 1.82) is 0 Å². The van der Waals surface area contributed by atoms with Crippen molar-refractivity contribution in [2.75, 3.05) is 12.4 Å². The van der Waals surface area contributed by atoms with Gasteiger partial charge in [-0.3, -0.25) is 0 Å². The Morgan fingerprint density at radius 2 is 1.79 bits per heavy atom. The quantitative estimate of drug-likeness (QED) is 0.386. The SMILES string of the molecule is Cc1cc(OCC(=O)O)ccc1SC/C=C(/c1ccccc1)c1cccc(Br)c1. The summed E-state index contributed by atoms with van der Waals surface area (Å²) >= 11 is 5.31. The van der Waals surface area contributed by atoms with E-state index in [0.29, 0.717) is 5.75 Å². The Morgan fingerprint density at radius 1 is 1.03 bits per heavy atom. The maximum Gasteiger partial charge on any atom is 0.341 e. The van der Waals surface area contributed by atoms with E-state index in [1.165, 1.54) is 16.7 Å². The molecule has 3 aromatic rings. The molecule has 0 aliphatic heterocycles. The molecule has 0 bridgehead atoms. The van der Waals surface area contributed by atoms with Gasteiger partial charge in [-0.1, -0.05) is 64.5 Å². The molecule has 0 heterocycles. The largest absolute Gasteiger partial charge is 0.482 e. The van der Waals surface area contributed by atoms with E-state index in [0.717, 1.165) is 20.7 Å². The summed E-state index contributed by atoms with van der Waals surface area (Å²) in [6.07, 6.45) is 2.25. The number of halogens is 1. The first-order valence-electron chi connectivity index (χ1n) is 9.12. The monoisotopic (exact) mass is 468 g/mol. The fourth-order valence-electron chi connectivity index (χ4n) is 2.91. The van der Waals surface area contributed by atoms with Crippen LogP contribution >= 0.6 is 27.7 Å². The van der Waals surface area contributed by atoms with Crippen LogP contribution in [0.4, 0.5) is 0 Å². The van der Waals surface area contributed by atoms with Gasteiger partial charge < -0.3 is 9.84 Å². The molecule has 3 aromatic carbocycles. The third-order valence-electron chi connectivity index (χ3n) is 4.26. The molecule has 0 spiro atoms. The van der Waals surface area contributed by atoms with E-state index >= 15 is 0 Å². The van der Waals surface area contributed by atoms with Crippen LogP contribution in [0.25, 0.3) is 5.57 Å². The zero-order valence-corrected chi connectivity index (χ0v) is 18.4. The summed E-state index contributed by atoms with van der Waals surface area (Å²) in [7, 11) is 0. The lowest BCUT2D eigenvalue weighted by Crippen LogP contribution is -2.09. The van der Waals surface area contributed by atoms with Crippen LogP contribution in [0.15, 0.2) is 88.2 Å². The van der Waals surface area contributed by atoms with Crippen molar-refractivity contribution < 1.29 is 14.6 Å². The standard InChI is InChI=1S/C24H21BrO3S/c1-17-14-21(28-16-24(26)27)10-11-23(17)29-13-12-22(18-6-3-2-4-7-18)19-8-5-9-20(25)15-19/h2-12,14-15H,13,16H2,1H3,(H,26,27)/b22-12-. The molecule has 1 N–H and O–H groups in total. The van der Waals surface area contributed by atoms with Gasteiger partial charge in [0.2, 0.25) is 0 Å². The molecule has 3 rings (SSSR count). The maximum atomic E-state index is 10.6. The van der Waals surface area contributed by atoms with E-state index in [1.54, 1.807) is 11.8 Å². The van der Waals surface area contributed by atoms with Gasteiger partial charge in [0.25, 0.3) is 0 Å². The number of benzene rings is 3. The molecule has 148 valence electrons. The number of thioether (sulfide) groups is 1. The number of aliphatic carboxylic acids is 1. The fraction of sp³-hybridized carbons (Fsp3) is 0.125.